The number of nitrogens with zero attached hydrogens (tertiary/aromatic N) is 5. The number of hydrogen-bond acceptors (Lipinski definition) is 8. The summed E-state index contributed by atoms with van der Waals surface area (Å²) in [5.74, 6) is -0.969. The summed E-state index contributed by atoms with van der Waals surface area (Å²) in [5, 5.41) is 9.61. The number of carboxylic acid groups (broad SMARTS) is 1. The number of rotatable bonds is 8. The molecule has 5 rings (SSSR count). The Morgan fingerprint density at radius 1 is 1.10 bits per heavy atom. The van der Waals surface area contributed by atoms with Gasteiger partial charge < -0.3 is 10.0 Å². The van der Waals surface area contributed by atoms with E-state index in [1.54, 1.807) is 6.07 Å². The van der Waals surface area contributed by atoms with Gasteiger partial charge in [0.2, 0.25) is 0 Å². The average Bonchev–Trinajstić information content (AvgIpc) is 3.53. The van der Waals surface area contributed by atoms with E-state index in [2.05, 4.69) is 15.0 Å². The fraction of sp³-hybridized carbons (Fsp3) is 0.464. The topological polar surface area (TPSA) is 99.5 Å². The molecule has 1 N–H and O–H groups in total. The van der Waals surface area contributed by atoms with E-state index < -0.39 is 23.9 Å². The van der Waals surface area contributed by atoms with Crippen LogP contribution < -0.4 is 4.90 Å². The van der Waals surface area contributed by atoms with Gasteiger partial charge >= 0.3 is 12.1 Å². The zero-order valence-corrected chi connectivity index (χ0v) is 23.1. The van der Waals surface area contributed by atoms with Crippen molar-refractivity contribution in [2.45, 2.75) is 51.5 Å². The van der Waals surface area contributed by atoms with E-state index in [0.29, 0.717) is 72.4 Å². The van der Waals surface area contributed by atoms with Crippen LogP contribution in [0.1, 0.15) is 50.8 Å². The third kappa shape index (κ3) is 6.72. The third-order valence-electron chi connectivity index (χ3n) is 7.54. The molecule has 1 aromatic carbocycles. The molecule has 13 heteroatoms. The first kappa shape index (κ1) is 29.1. The average molecular weight is 592 g/mol. The maximum Gasteiger partial charge on any atom is 0.416 e. The molecule has 2 aliphatic heterocycles. The van der Waals surface area contributed by atoms with Crippen molar-refractivity contribution in [3.63, 3.8) is 0 Å². The molecule has 0 unspecified atom stereocenters. The number of aliphatic carboxylic acids is 1. The molecule has 218 valence electrons. The summed E-state index contributed by atoms with van der Waals surface area (Å²) in [7, 11) is 0. The second kappa shape index (κ2) is 11.8. The van der Waals surface area contributed by atoms with E-state index >= 15 is 0 Å². The molecule has 2 aliphatic rings. The molecule has 0 bridgehead atoms. The lowest BCUT2D eigenvalue weighted by atomic mass is 9.97. The highest BCUT2D eigenvalue weighted by atomic mass is 32.1. The van der Waals surface area contributed by atoms with E-state index in [4.69, 9.17) is 0 Å². The number of anilines is 1. The number of carbonyl (C=O) groups excluding carboxylic acids is 1. The van der Waals surface area contributed by atoms with Crippen LogP contribution in [-0.2, 0) is 23.9 Å². The molecule has 4 heterocycles. The molecule has 0 spiro atoms. The van der Waals surface area contributed by atoms with E-state index in [0.717, 1.165) is 6.07 Å². The number of carboxylic acids is 1. The lowest BCUT2D eigenvalue weighted by Crippen LogP contribution is -2.36. The van der Waals surface area contributed by atoms with Crippen LogP contribution in [0.5, 0.6) is 0 Å². The van der Waals surface area contributed by atoms with Crippen LogP contribution in [0.25, 0.3) is 11.3 Å². The first-order valence-corrected chi connectivity index (χ1v) is 14.2. The second-order valence-corrected chi connectivity index (χ2v) is 11.7. The summed E-state index contributed by atoms with van der Waals surface area (Å²) in [6, 6.07) is 4.06. The molecule has 0 aliphatic carbocycles. The Bertz CT molecular complexity index is 1420. The zero-order chi connectivity index (χ0) is 29.3. The second-order valence-electron chi connectivity index (χ2n) is 10.5. The predicted octanol–water partition coefficient (Wildman–Crippen LogP) is 5.20. The van der Waals surface area contributed by atoms with Gasteiger partial charge in [-0.05, 0) is 37.8 Å². The van der Waals surface area contributed by atoms with Crippen LogP contribution in [0.3, 0.4) is 0 Å². The van der Waals surface area contributed by atoms with Crippen LogP contribution in [-0.4, -0.2) is 69.1 Å². The highest BCUT2D eigenvalue weighted by Crippen LogP contribution is 2.37. The van der Waals surface area contributed by atoms with Gasteiger partial charge in [-0.2, -0.15) is 13.2 Å². The standard InChI is InChI=1S/C28H29F4N5O3S/c1-16-2-3-18(10-20(16)28(30,31)32)26-23(15-36-7-6-19(29)14-36)41-25(35-26)11-22(38)21-12-34-24(13-33-21)37-8-4-17(5-9-37)27(39)40/h2-3,10,12-13,17,19H,4-9,11,14-15H2,1H3,(H,39,40)/t19-/m0/s1. The number of thiazole rings is 1. The summed E-state index contributed by atoms with van der Waals surface area (Å²) in [5.41, 5.74) is 0.124. The number of benzene rings is 1. The van der Waals surface area contributed by atoms with Crippen molar-refractivity contribution in [3.05, 3.63) is 57.3 Å². The number of ketones is 1. The maximum absolute atomic E-state index is 13.8. The molecule has 0 amide bonds. The van der Waals surface area contributed by atoms with Gasteiger partial charge in [-0.15, -0.1) is 11.3 Å². The van der Waals surface area contributed by atoms with Crippen LogP contribution >= 0.6 is 11.3 Å². The van der Waals surface area contributed by atoms with Gasteiger partial charge in [0.25, 0.3) is 0 Å². The van der Waals surface area contributed by atoms with Crippen LogP contribution in [0.15, 0.2) is 30.6 Å². The fourth-order valence-electron chi connectivity index (χ4n) is 5.23. The van der Waals surface area contributed by atoms with Crippen LogP contribution in [0, 0.1) is 12.8 Å². The van der Waals surface area contributed by atoms with E-state index in [1.165, 1.54) is 36.7 Å². The zero-order valence-electron chi connectivity index (χ0n) is 22.3. The number of aryl methyl sites for hydroxylation is 1. The molecule has 3 aromatic rings. The van der Waals surface area contributed by atoms with Gasteiger partial charge in [0, 0.05) is 43.2 Å². The molecule has 2 aromatic heterocycles. The minimum absolute atomic E-state index is 0.0986. The fourth-order valence-corrected chi connectivity index (χ4v) is 6.36. The van der Waals surface area contributed by atoms with Crippen molar-refractivity contribution in [2.75, 3.05) is 31.1 Å². The quantitative estimate of drug-likeness (QED) is 0.282. The third-order valence-corrected chi connectivity index (χ3v) is 8.58. The number of likely N-dealkylation sites (tertiary alicyclic amines) is 1. The number of halogens is 4. The molecule has 1 atom stereocenters. The summed E-state index contributed by atoms with van der Waals surface area (Å²) in [6.07, 6.45) is -1.33. The monoisotopic (exact) mass is 591 g/mol. The minimum Gasteiger partial charge on any atom is -0.481 e. The van der Waals surface area contributed by atoms with E-state index in [1.807, 2.05) is 9.80 Å². The molecule has 2 saturated heterocycles. The molecular formula is C28H29F4N5O3S. The van der Waals surface area contributed by atoms with Gasteiger partial charge in [-0.25, -0.2) is 19.3 Å². The number of carbonyl (C=O) groups is 2. The largest absolute Gasteiger partial charge is 0.481 e. The van der Waals surface area contributed by atoms with E-state index in [9.17, 15) is 32.3 Å². The van der Waals surface area contributed by atoms with Crippen molar-refractivity contribution in [1.82, 2.24) is 19.9 Å². The lowest BCUT2D eigenvalue weighted by molar-refractivity contribution is -0.142. The summed E-state index contributed by atoms with van der Waals surface area (Å²) < 4.78 is 54.7. The molecular weight excluding hydrogens is 562 g/mol. The highest BCUT2D eigenvalue weighted by Gasteiger charge is 2.33. The van der Waals surface area contributed by atoms with Crippen molar-refractivity contribution in [3.8, 4) is 11.3 Å². The molecule has 0 radical (unpaired) electrons. The normalized spacial score (nSPS) is 18.7. The number of piperidine rings is 1. The molecule has 8 nitrogen and oxygen atoms in total. The SMILES string of the molecule is Cc1ccc(-c2nc(CC(=O)c3cnc(N4CCC(C(=O)O)CC4)cn3)sc2CN2CC[C@H](F)C2)cc1C(F)(F)F. The highest BCUT2D eigenvalue weighted by molar-refractivity contribution is 7.12. The Kier molecular flexibility index (Phi) is 8.37. The van der Waals surface area contributed by atoms with Gasteiger partial charge in [0.15, 0.2) is 5.78 Å². The Labute approximate surface area is 238 Å². The number of alkyl halides is 4. The molecule has 41 heavy (non-hydrogen) atoms. The van der Waals surface area contributed by atoms with Crippen LogP contribution in [0.4, 0.5) is 23.4 Å². The van der Waals surface area contributed by atoms with Crippen molar-refractivity contribution >= 4 is 28.9 Å². The van der Waals surface area contributed by atoms with Crippen LogP contribution in [0.2, 0.25) is 0 Å². The van der Waals surface area contributed by atoms with Gasteiger partial charge in [0.1, 0.15) is 22.7 Å². The number of hydrogen-bond donors (Lipinski definition) is 1. The van der Waals surface area contributed by atoms with Gasteiger partial charge in [-0.3, -0.25) is 14.5 Å². The first-order valence-electron chi connectivity index (χ1n) is 13.3. The van der Waals surface area contributed by atoms with Gasteiger partial charge in [-0.1, -0.05) is 12.1 Å². The Hall–Kier alpha value is -3.45. The summed E-state index contributed by atoms with van der Waals surface area (Å²) >= 11 is 1.23. The summed E-state index contributed by atoms with van der Waals surface area (Å²) in [4.78, 5) is 41.9. The smallest absolute Gasteiger partial charge is 0.416 e. The minimum atomic E-state index is -4.53. The van der Waals surface area contributed by atoms with Crippen molar-refractivity contribution in [2.24, 2.45) is 5.92 Å². The first-order chi connectivity index (χ1) is 19.5. The van der Waals surface area contributed by atoms with Crippen molar-refractivity contribution in [1.29, 1.82) is 0 Å². The number of aromatic nitrogens is 3. The predicted molar refractivity (Wildman–Crippen MR) is 145 cm³/mol. The summed E-state index contributed by atoms with van der Waals surface area (Å²) in [6.45, 7) is 3.55. The molecule has 0 saturated carbocycles. The maximum atomic E-state index is 13.8. The van der Waals surface area contributed by atoms with E-state index in [-0.39, 0.29) is 35.9 Å². The molecule has 2 fully saturated rings. The Morgan fingerprint density at radius 2 is 1.85 bits per heavy atom. The van der Waals surface area contributed by atoms with Gasteiger partial charge in [0.05, 0.1) is 36.0 Å². The van der Waals surface area contributed by atoms with Crippen molar-refractivity contribution < 1.29 is 32.3 Å². The Balaban J connectivity index is 1.35. The number of Topliss-reactive ketones (excluding diaryl/α,β-unsaturated/α-hetero) is 1. The Morgan fingerprint density at radius 3 is 2.46 bits per heavy atom. The lowest BCUT2D eigenvalue weighted by Gasteiger charge is -2.30.